The molecule has 0 spiro atoms. The molecule has 2 fully saturated rings. The molecule has 1 saturated carbocycles. The van der Waals surface area contributed by atoms with Gasteiger partial charge in [-0.15, -0.1) is 12.4 Å². The lowest BCUT2D eigenvalue weighted by molar-refractivity contribution is -0.131. The second kappa shape index (κ2) is 7.70. The molecule has 138 valence electrons. The van der Waals surface area contributed by atoms with Gasteiger partial charge in [0.25, 0.3) is 0 Å². The van der Waals surface area contributed by atoms with Gasteiger partial charge in [0.2, 0.25) is 11.8 Å². The molecule has 1 aliphatic heterocycles. The average Bonchev–Trinajstić information content (AvgIpc) is 2.88. The molecule has 1 heterocycles. The lowest BCUT2D eigenvalue weighted by Gasteiger charge is -2.37. The number of para-hydroxylation sites is 1. The summed E-state index contributed by atoms with van der Waals surface area (Å²) < 4.78 is 13.9. The molecule has 0 bridgehead atoms. The van der Waals surface area contributed by atoms with Crippen molar-refractivity contribution >= 4 is 29.9 Å². The van der Waals surface area contributed by atoms with Crippen molar-refractivity contribution in [2.75, 3.05) is 11.4 Å². The zero-order chi connectivity index (χ0) is 17.3. The van der Waals surface area contributed by atoms with Crippen molar-refractivity contribution in [3.8, 4) is 0 Å². The molecule has 1 aromatic carbocycles. The number of nitrogens with zero attached hydrogens (tertiary/aromatic N) is 1. The predicted octanol–water partition coefficient (Wildman–Crippen LogP) is 2.38. The molecule has 25 heavy (non-hydrogen) atoms. The summed E-state index contributed by atoms with van der Waals surface area (Å²) in [6.07, 6.45) is 4.04. The molecule has 1 aromatic rings. The van der Waals surface area contributed by atoms with Gasteiger partial charge in [0, 0.05) is 12.1 Å². The van der Waals surface area contributed by atoms with E-state index in [9.17, 15) is 14.0 Å². The number of nitrogens with two attached hydrogens (primary N) is 1. The number of halogens is 2. The monoisotopic (exact) mass is 369 g/mol. The third kappa shape index (κ3) is 3.96. The summed E-state index contributed by atoms with van der Waals surface area (Å²) in [5.74, 6) is -1.13. The van der Waals surface area contributed by atoms with E-state index in [1.807, 2.05) is 6.92 Å². The number of rotatable bonds is 3. The Morgan fingerprint density at radius 2 is 2.04 bits per heavy atom. The first kappa shape index (κ1) is 19.7. The molecule has 5 nitrogen and oxygen atoms in total. The lowest BCUT2D eigenvalue weighted by Crippen LogP contribution is -2.55. The smallest absolute Gasteiger partial charge is 0.249 e. The number of nitrogens with one attached hydrogen (secondary N) is 1. The van der Waals surface area contributed by atoms with Crippen LogP contribution in [0.3, 0.4) is 0 Å². The Morgan fingerprint density at radius 3 is 2.72 bits per heavy atom. The molecule has 1 aliphatic carbocycles. The third-order valence-electron chi connectivity index (χ3n) is 5.24. The molecule has 2 amide bonds. The van der Waals surface area contributed by atoms with Crippen molar-refractivity contribution in [2.24, 2.45) is 11.7 Å². The van der Waals surface area contributed by atoms with E-state index in [-0.39, 0.29) is 35.8 Å². The van der Waals surface area contributed by atoms with E-state index in [1.54, 1.807) is 18.2 Å². The molecule has 0 aromatic heterocycles. The van der Waals surface area contributed by atoms with Crippen LogP contribution in [0.5, 0.6) is 0 Å². The van der Waals surface area contributed by atoms with Gasteiger partial charge in [-0.3, -0.25) is 9.59 Å². The lowest BCUT2D eigenvalue weighted by atomic mass is 9.74. The highest BCUT2D eigenvalue weighted by molar-refractivity contribution is 6.01. The number of benzene rings is 1. The van der Waals surface area contributed by atoms with E-state index in [4.69, 9.17) is 5.73 Å². The second-order valence-electron chi connectivity index (χ2n) is 7.10. The topological polar surface area (TPSA) is 75.4 Å². The molecular weight excluding hydrogens is 345 g/mol. The van der Waals surface area contributed by atoms with Crippen LogP contribution in [-0.4, -0.2) is 29.9 Å². The summed E-state index contributed by atoms with van der Waals surface area (Å²) in [7, 11) is 0. The van der Waals surface area contributed by atoms with Crippen molar-refractivity contribution in [3.63, 3.8) is 0 Å². The Balaban J connectivity index is 0.00000225. The van der Waals surface area contributed by atoms with Crippen molar-refractivity contribution < 1.29 is 14.0 Å². The number of hydrogen-bond donors (Lipinski definition) is 2. The number of amides is 2. The fourth-order valence-electron chi connectivity index (χ4n) is 3.78. The molecule has 2 aliphatic rings. The zero-order valence-electron chi connectivity index (χ0n) is 14.3. The first-order valence-corrected chi connectivity index (χ1v) is 8.55. The Labute approximate surface area is 153 Å². The van der Waals surface area contributed by atoms with Crippen LogP contribution in [0.2, 0.25) is 0 Å². The van der Waals surface area contributed by atoms with Crippen LogP contribution in [0.15, 0.2) is 24.3 Å². The van der Waals surface area contributed by atoms with Gasteiger partial charge in [-0.05, 0) is 38.3 Å². The van der Waals surface area contributed by atoms with Crippen molar-refractivity contribution in [2.45, 2.75) is 50.6 Å². The molecular formula is C18H25ClFN3O2. The fourth-order valence-corrected chi connectivity index (χ4v) is 3.78. The van der Waals surface area contributed by atoms with E-state index in [2.05, 4.69) is 5.32 Å². The Morgan fingerprint density at radius 1 is 1.32 bits per heavy atom. The Kier molecular flexibility index (Phi) is 6.06. The third-order valence-corrected chi connectivity index (χ3v) is 5.24. The van der Waals surface area contributed by atoms with Crippen LogP contribution in [-0.2, 0) is 9.59 Å². The van der Waals surface area contributed by atoms with Crippen molar-refractivity contribution in [1.29, 1.82) is 0 Å². The van der Waals surface area contributed by atoms with E-state index in [1.165, 1.54) is 11.0 Å². The number of hydrogen-bond acceptors (Lipinski definition) is 3. The normalized spacial score (nSPS) is 29.2. The highest BCUT2D eigenvalue weighted by atomic mass is 35.5. The maximum absolute atomic E-state index is 13.9. The molecule has 3 atom stereocenters. The highest BCUT2D eigenvalue weighted by Gasteiger charge is 2.41. The summed E-state index contributed by atoms with van der Waals surface area (Å²) in [6.45, 7) is 2.30. The van der Waals surface area contributed by atoms with E-state index in [0.717, 1.165) is 25.7 Å². The predicted molar refractivity (Wildman–Crippen MR) is 97.1 cm³/mol. The quantitative estimate of drug-likeness (QED) is 0.858. The fraction of sp³-hybridized carbons (Fsp3) is 0.556. The van der Waals surface area contributed by atoms with Crippen LogP contribution in [0.4, 0.5) is 10.1 Å². The first-order chi connectivity index (χ1) is 11.4. The molecule has 3 N–H and O–H groups in total. The summed E-state index contributed by atoms with van der Waals surface area (Å²) in [6, 6.07) is 5.59. The van der Waals surface area contributed by atoms with Crippen LogP contribution >= 0.6 is 12.4 Å². The summed E-state index contributed by atoms with van der Waals surface area (Å²) in [4.78, 5) is 26.5. The van der Waals surface area contributed by atoms with Crippen LogP contribution in [0.1, 0.15) is 39.0 Å². The Hall–Kier alpha value is -1.66. The van der Waals surface area contributed by atoms with Gasteiger partial charge in [0.15, 0.2) is 0 Å². The maximum Gasteiger partial charge on any atom is 0.249 e. The number of anilines is 1. The van der Waals surface area contributed by atoms with E-state index >= 15 is 0 Å². The van der Waals surface area contributed by atoms with Gasteiger partial charge >= 0.3 is 0 Å². The van der Waals surface area contributed by atoms with Crippen LogP contribution in [0.25, 0.3) is 0 Å². The molecule has 3 unspecified atom stereocenters. The van der Waals surface area contributed by atoms with Crippen molar-refractivity contribution in [1.82, 2.24) is 5.32 Å². The average molecular weight is 370 g/mol. The minimum atomic E-state index is -0.602. The highest BCUT2D eigenvalue weighted by Crippen LogP contribution is 2.32. The summed E-state index contributed by atoms with van der Waals surface area (Å²) in [5, 5.41) is 2.84. The van der Waals surface area contributed by atoms with Crippen LogP contribution < -0.4 is 16.0 Å². The van der Waals surface area contributed by atoms with Gasteiger partial charge in [-0.2, -0.15) is 0 Å². The minimum absolute atomic E-state index is 0. The van der Waals surface area contributed by atoms with E-state index in [0.29, 0.717) is 13.0 Å². The van der Waals surface area contributed by atoms with Gasteiger partial charge in [-0.1, -0.05) is 25.0 Å². The number of carbonyl (C=O) groups is 2. The molecule has 3 rings (SSSR count). The number of carbonyl (C=O) groups excluding carboxylic acids is 2. The largest absolute Gasteiger partial charge is 0.344 e. The van der Waals surface area contributed by atoms with Crippen molar-refractivity contribution in [3.05, 3.63) is 30.1 Å². The van der Waals surface area contributed by atoms with Gasteiger partial charge < -0.3 is 16.0 Å². The molecule has 0 radical (unpaired) electrons. The summed E-state index contributed by atoms with van der Waals surface area (Å²) >= 11 is 0. The van der Waals surface area contributed by atoms with Gasteiger partial charge in [-0.25, -0.2) is 4.39 Å². The van der Waals surface area contributed by atoms with E-state index < -0.39 is 17.4 Å². The zero-order valence-corrected chi connectivity index (χ0v) is 15.2. The SMILES string of the molecule is CC1(N)CCCCC1C(=O)NC1CCN(c2ccccc2F)C1=O.Cl. The maximum atomic E-state index is 13.9. The summed E-state index contributed by atoms with van der Waals surface area (Å²) in [5.41, 5.74) is 6.00. The molecule has 7 heteroatoms. The van der Waals surface area contributed by atoms with Crippen LogP contribution in [0, 0.1) is 11.7 Å². The first-order valence-electron chi connectivity index (χ1n) is 8.55. The van der Waals surface area contributed by atoms with Gasteiger partial charge in [0.1, 0.15) is 11.9 Å². The molecule has 1 saturated heterocycles. The Bertz CT molecular complexity index is 653. The standard InChI is InChI=1S/C18H24FN3O2.ClH/c1-18(20)10-5-4-6-12(18)16(23)21-14-9-11-22(17(14)24)15-8-3-2-7-13(15)19;/h2-3,7-8,12,14H,4-6,9-11,20H2,1H3,(H,21,23);1H. The second-order valence-corrected chi connectivity index (χ2v) is 7.10. The van der Waals surface area contributed by atoms with Gasteiger partial charge in [0.05, 0.1) is 11.6 Å². The minimum Gasteiger partial charge on any atom is -0.344 e.